The van der Waals surface area contributed by atoms with Gasteiger partial charge in [0.05, 0.1) is 0 Å². The van der Waals surface area contributed by atoms with Crippen molar-refractivity contribution in [1.82, 2.24) is 0 Å². The molecule has 0 saturated carbocycles. The molecule has 0 aliphatic carbocycles. The Morgan fingerprint density at radius 3 is 2.24 bits per heavy atom. The van der Waals surface area contributed by atoms with Crippen LogP contribution in [0, 0.1) is 0 Å². The molecule has 0 spiro atoms. The van der Waals surface area contributed by atoms with E-state index in [2.05, 4.69) is 0 Å². The largest absolute Gasteiger partial charge is 0.488 e. The number of benzene rings is 3. The third-order valence-corrected chi connectivity index (χ3v) is 3.61. The second-order valence-corrected chi connectivity index (χ2v) is 5.24. The van der Waals surface area contributed by atoms with E-state index in [1.165, 1.54) is 0 Å². The quantitative estimate of drug-likeness (QED) is 0.737. The number of rotatable bonds is 4. The smallest absolute Gasteiger partial charge is 0.127 e. The van der Waals surface area contributed by atoms with Gasteiger partial charge in [-0.05, 0) is 23.1 Å². The van der Waals surface area contributed by atoms with Crippen LogP contribution in [0.4, 0.5) is 0 Å². The van der Waals surface area contributed by atoms with Crippen molar-refractivity contribution in [1.29, 1.82) is 0 Å². The van der Waals surface area contributed by atoms with Crippen molar-refractivity contribution in [3.8, 4) is 5.75 Å². The Kier molecular flexibility index (Phi) is 3.84. The third kappa shape index (κ3) is 2.88. The molecule has 0 aliphatic heterocycles. The zero-order valence-electron chi connectivity index (χ0n) is 11.5. The van der Waals surface area contributed by atoms with Crippen LogP contribution in [0.25, 0.3) is 10.8 Å². The molecular formula is C18H15NOS. The van der Waals surface area contributed by atoms with Gasteiger partial charge in [0, 0.05) is 10.9 Å². The van der Waals surface area contributed by atoms with Gasteiger partial charge in [0.15, 0.2) is 0 Å². The van der Waals surface area contributed by atoms with Gasteiger partial charge in [-0.1, -0.05) is 66.8 Å². The molecule has 3 aromatic carbocycles. The van der Waals surface area contributed by atoms with Crippen LogP contribution < -0.4 is 10.5 Å². The average Bonchev–Trinajstić information content (AvgIpc) is 2.53. The molecule has 0 unspecified atom stereocenters. The van der Waals surface area contributed by atoms with Crippen LogP contribution in [0.2, 0.25) is 0 Å². The second kappa shape index (κ2) is 5.94. The highest BCUT2D eigenvalue weighted by atomic mass is 32.1. The molecule has 104 valence electrons. The molecule has 3 heteroatoms. The van der Waals surface area contributed by atoms with Crippen molar-refractivity contribution >= 4 is 28.0 Å². The van der Waals surface area contributed by atoms with E-state index in [1.807, 2.05) is 66.7 Å². The monoisotopic (exact) mass is 293 g/mol. The summed E-state index contributed by atoms with van der Waals surface area (Å²) in [6, 6.07) is 22.0. The Bertz CT molecular complexity index is 784. The summed E-state index contributed by atoms with van der Waals surface area (Å²) in [6.45, 7) is 0.539. The first-order valence-corrected chi connectivity index (χ1v) is 7.15. The fourth-order valence-electron chi connectivity index (χ4n) is 2.35. The summed E-state index contributed by atoms with van der Waals surface area (Å²) in [5, 5.41) is 2.05. The van der Waals surface area contributed by atoms with Crippen LogP contribution in [-0.2, 0) is 6.61 Å². The lowest BCUT2D eigenvalue weighted by molar-refractivity contribution is 0.310. The zero-order chi connectivity index (χ0) is 14.7. The minimum Gasteiger partial charge on any atom is -0.488 e. The molecule has 0 fully saturated rings. The minimum atomic E-state index is 0.404. The molecule has 0 aromatic heterocycles. The molecule has 2 nitrogen and oxygen atoms in total. The lowest BCUT2D eigenvalue weighted by Gasteiger charge is -2.12. The lowest BCUT2D eigenvalue weighted by Crippen LogP contribution is -2.10. The van der Waals surface area contributed by atoms with Crippen molar-refractivity contribution in [2.45, 2.75) is 6.61 Å². The molecule has 0 saturated heterocycles. The van der Waals surface area contributed by atoms with E-state index < -0.39 is 0 Å². The molecule has 0 amide bonds. The van der Waals surface area contributed by atoms with E-state index in [9.17, 15) is 0 Å². The van der Waals surface area contributed by atoms with Gasteiger partial charge in [-0.3, -0.25) is 0 Å². The predicted octanol–water partition coefficient (Wildman–Crippen LogP) is 4.05. The van der Waals surface area contributed by atoms with Gasteiger partial charge in [-0.15, -0.1) is 0 Å². The van der Waals surface area contributed by atoms with Crippen LogP contribution in [0.15, 0.2) is 66.7 Å². The van der Waals surface area contributed by atoms with Gasteiger partial charge < -0.3 is 10.5 Å². The fraction of sp³-hybridized carbons (Fsp3) is 0.0556. The predicted molar refractivity (Wildman–Crippen MR) is 90.6 cm³/mol. The van der Waals surface area contributed by atoms with Gasteiger partial charge in [-0.25, -0.2) is 0 Å². The number of fused-ring (bicyclic) bond motifs is 1. The molecular weight excluding hydrogens is 278 g/mol. The number of hydrogen-bond acceptors (Lipinski definition) is 2. The van der Waals surface area contributed by atoms with E-state index in [0.717, 1.165) is 27.6 Å². The Morgan fingerprint density at radius 1 is 0.857 bits per heavy atom. The van der Waals surface area contributed by atoms with Gasteiger partial charge in [0.2, 0.25) is 0 Å². The molecule has 3 rings (SSSR count). The van der Waals surface area contributed by atoms with E-state index in [0.29, 0.717) is 11.6 Å². The number of hydrogen-bond donors (Lipinski definition) is 1. The van der Waals surface area contributed by atoms with Crippen LogP contribution in [0.1, 0.15) is 11.1 Å². The SMILES string of the molecule is NC(=S)c1ccc(OCc2ccccc2)c2ccccc12. The van der Waals surface area contributed by atoms with Crippen LogP contribution >= 0.6 is 12.2 Å². The molecule has 0 aliphatic rings. The maximum atomic E-state index is 5.96. The van der Waals surface area contributed by atoms with Gasteiger partial charge in [-0.2, -0.15) is 0 Å². The van der Waals surface area contributed by atoms with Crippen molar-refractivity contribution in [3.63, 3.8) is 0 Å². The summed E-state index contributed by atoms with van der Waals surface area (Å²) in [5.74, 6) is 0.842. The standard InChI is InChI=1S/C18H15NOS/c19-18(21)16-10-11-17(15-9-5-4-8-14(15)16)20-12-13-6-2-1-3-7-13/h1-11H,12H2,(H2,19,21). The first-order valence-electron chi connectivity index (χ1n) is 6.74. The highest BCUT2D eigenvalue weighted by molar-refractivity contribution is 7.80. The number of nitrogens with two attached hydrogens (primary N) is 1. The van der Waals surface area contributed by atoms with Crippen molar-refractivity contribution in [2.75, 3.05) is 0 Å². The highest BCUT2D eigenvalue weighted by Gasteiger charge is 2.08. The summed E-state index contributed by atoms with van der Waals surface area (Å²) in [7, 11) is 0. The minimum absolute atomic E-state index is 0.404. The van der Waals surface area contributed by atoms with E-state index in [1.54, 1.807) is 0 Å². The first kappa shape index (κ1) is 13.6. The van der Waals surface area contributed by atoms with Crippen molar-refractivity contribution in [2.24, 2.45) is 5.73 Å². The van der Waals surface area contributed by atoms with Crippen LogP contribution in [0.3, 0.4) is 0 Å². The van der Waals surface area contributed by atoms with Crippen molar-refractivity contribution < 1.29 is 4.74 Å². The Morgan fingerprint density at radius 2 is 1.52 bits per heavy atom. The summed E-state index contributed by atoms with van der Waals surface area (Å²) in [5.41, 5.74) is 7.81. The molecule has 0 bridgehead atoms. The Labute approximate surface area is 129 Å². The molecule has 0 atom stereocenters. The molecule has 21 heavy (non-hydrogen) atoms. The molecule has 0 radical (unpaired) electrons. The Balaban J connectivity index is 1.96. The molecule has 3 aromatic rings. The van der Waals surface area contributed by atoms with Crippen LogP contribution in [-0.4, -0.2) is 4.99 Å². The van der Waals surface area contributed by atoms with Gasteiger partial charge >= 0.3 is 0 Å². The van der Waals surface area contributed by atoms with E-state index in [-0.39, 0.29) is 0 Å². The zero-order valence-corrected chi connectivity index (χ0v) is 12.3. The normalized spacial score (nSPS) is 10.5. The average molecular weight is 293 g/mol. The van der Waals surface area contributed by atoms with E-state index in [4.69, 9.17) is 22.7 Å². The summed E-state index contributed by atoms with van der Waals surface area (Å²) < 4.78 is 5.96. The highest BCUT2D eigenvalue weighted by Crippen LogP contribution is 2.29. The van der Waals surface area contributed by atoms with Gasteiger partial charge in [0.1, 0.15) is 17.3 Å². The summed E-state index contributed by atoms with van der Waals surface area (Å²) >= 11 is 5.11. The van der Waals surface area contributed by atoms with E-state index >= 15 is 0 Å². The first-order chi connectivity index (χ1) is 10.3. The maximum Gasteiger partial charge on any atom is 0.127 e. The Hall–Kier alpha value is -2.39. The molecule has 0 heterocycles. The number of thiocarbonyl (C=S) groups is 1. The second-order valence-electron chi connectivity index (χ2n) is 4.80. The number of ether oxygens (including phenoxy) is 1. The topological polar surface area (TPSA) is 35.2 Å². The molecule has 2 N–H and O–H groups in total. The fourth-order valence-corrected chi connectivity index (χ4v) is 2.53. The third-order valence-electron chi connectivity index (χ3n) is 3.39. The maximum absolute atomic E-state index is 5.96. The lowest BCUT2D eigenvalue weighted by atomic mass is 10.0. The van der Waals surface area contributed by atoms with Crippen molar-refractivity contribution in [3.05, 3.63) is 77.9 Å². The summed E-state index contributed by atoms with van der Waals surface area (Å²) in [4.78, 5) is 0.404. The summed E-state index contributed by atoms with van der Waals surface area (Å²) in [6.07, 6.45) is 0. The van der Waals surface area contributed by atoms with Gasteiger partial charge in [0.25, 0.3) is 0 Å². The van der Waals surface area contributed by atoms with Crippen LogP contribution in [0.5, 0.6) is 5.75 Å².